The van der Waals surface area contributed by atoms with Gasteiger partial charge in [-0.1, -0.05) is 0 Å². The molecule has 0 bridgehead atoms. The van der Waals surface area contributed by atoms with Crippen LogP contribution in [0.5, 0.6) is 0 Å². The minimum Gasteiger partial charge on any atom is -0.480 e. The van der Waals surface area contributed by atoms with Crippen molar-refractivity contribution in [2.45, 2.75) is 76.4 Å². The number of rotatable bonds is 6. The number of hydrogen-bond donors (Lipinski definition) is 2. The average molecular weight is 291 g/mol. The molecule has 5 nitrogen and oxygen atoms in total. The molecule has 5 heteroatoms. The van der Waals surface area contributed by atoms with Crippen molar-refractivity contribution in [3.8, 4) is 0 Å². The SMILES string of the molecule is CC(CC(C)(NC1CC1)C(=O)O)n1cnc2c1CCCC2. The third kappa shape index (κ3) is 2.98. The van der Waals surface area contributed by atoms with Crippen LogP contribution in [0.2, 0.25) is 0 Å². The zero-order valence-electron chi connectivity index (χ0n) is 12.9. The molecule has 3 rings (SSSR count). The van der Waals surface area contributed by atoms with Crippen LogP contribution in [0.1, 0.15) is 63.4 Å². The lowest BCUT2D eigenvalue weighted by atomic mass is 9.92. The minimum absolute atomic E-state index is 0.145. The third-order valence-corrected chi connectivity index (χ3v) is 4.81. The molecule has 0 spiro atoms. The van der Waals surface area contributed by atoms with E-state index in [-0.39, 0.29) is 6.04 Å². The fourth-order valence-electron chi connectivity index (χ4n) is 3.45. The van der Waals surface area contributed by atoms with Gasteiger partial charge in [0.25, 0.3) is 0 Å². The Morgan fingerprint density at radius 2 is 2.24 bits per heavy atom. The molecule has 2 aliphatic rings. The molecule has 0 aromatic carbocycles. The van der Waals surface area contributed by atoms with Crippen molar-refractivity contribution in [2.75, 3.05) is 0 Å². The van der Waals surface area contributed by atoms with Crippen molar-refractivity contribution in [1.29, 1.82) is 0 Å². The number of carboxylic acid groups (broad SMARTS) is 1. The van der Waals surface area contributed by atoms with Crippen molar-refractivity contribution in [3.05, 3.63) is 17.7 Å². The van der Waals surface area contributed by atoms with Crippen LogP contribution in [0, 0.1) is 0 Å². The van der Waals surface area contributed by atoms with Gasteiger partial charge in [0.2, 0.25) is 0 Å². The normalized spacial score (nSPS) is 22.4. The van der Waals surface area contributed by atoms with Crippen LogP contribution >= 0.6 is 0 Å². The fraction of sp³-hybridized carbons (Fsp3) is 0.750. The van der Waals surface area contributed by atoms with Gasteiger partial charge in [-0.25, -0.2) is 4.98 Å². The van der Waals surface area contributed by atoms with E-state index < -0.39 is 11.5 Å². The smallest absolute Gasteiger partial charge is 0.323 e. The van der Waals surface area contributed by atoms with Crippen LogP contribution in [0.4, 0.5) is 0 Å². The Bertz CT molecular complexity index is 536. The van der Waals surface area contributed by atoms with Gasteiger partial charge in [-0.05, 0) is 58.8 Å². The van der Waals surface area contributed by atoms with Crippen molar-refractivity contribution < 1.29 is 9.90 Å². The number of fused-ring (bicyclic) bond motifs is 1. The first kappa shape index (κ1) is 14.6. The summed E-state index contributed by atoms with van der Waals surface area (Å²) in [7, 11) is 0. The Balaban J connectivity index is 1.76. The van der Waals surface area contributed by atoms with Gasteiger partial charge in [-0.15, -0.1) is 0 Å². The first-order valence-corrected chi connectivity index (χ1v) is 8.05. The summed E-state index contributed by atoms with van der Waals surface area (Å²) in [5, 5.41) is 12.9. The van der Waals surface area contributed by atoms with E-state index in [9.17, 15) is 9.90 Å². The van der Waals surface area contributed by atoms with E-state index >= 15 is 0 Å². The molecular formula is C16H25N3O2. The number of aromatic nitrogens is 2. The van der Waals surface area contributed by atoms with Gasteiger partial charge in [-0.3, -0.25) is 10.1 Å². The third-order valence-electron chi connectivity index (χ3n) is 4.81. The number of carboxylic acids is 1. The molecule has 1 aromatic heterocycles. The van der Waals surface area contributed by atoms with Crippen LogP contribution in [-0.4, -0.2) is 32.2 Å². The van der Waals surface area contributed by atoms with Gasteiger partial charge in [0.15, 0.2) is 0 Å². The Morgan fingerprint density at radius 3 is 2.90 bits per heavy atom. The topological polar surface area (TPSA) is 67.2 Å². The van der Waals surface area contributed by atoms with E-state index in [1.807, 2.05) is 13.3 Å². The summed E-state index contributed by atoms with van der Waals surface area (Å²) in [6.07, 6.45) is 9.23. The average Bonchev–Trinajstić information content (AvgIpc) is 3.14. The fourth-order valence-corrected chi connectivity index (χ4v) is 3.45. The van der Waals surface area contributed by atoms with Crippen LogP contribution in [0.3, 0.4) is 0 Å². The molecule has 0 amide bonds. The number of aryl methyl sites for hydroxylation is 1. The lowest BCUT2D eigenvalue weighted by Crippen LogP contribution is -2.51. The number of hydrogen-bond acceptors (Lipinski definition) is 3. The quantitative estimate of drug-likeness (QED) is 0.844. The summed E-state index contributed by atoms with van der Waals surface area (Å²) in [6.45, 7) is 3.92. The molecule has 116 valence electrons. The van der Waals surface area contributed by atoms with Gasteiger partial charge < -0.3 is 9.67 Å². The lowest BCUT2D eigenvalue weighted by Gasteiger charge is -2.31. The highest BCUT2D eigenvalue weighted by molar-refractivity contribution is 5.78. The molecule has 0 saturated heterocycles. The second-order valence-corrected chi connectivity index (χ2v) is 6.86. The van der Waals surface area contributed by atoms with Gasteiger partial charge in [0.05, 0.1) is 12.0 Å². The van der Waals surface area contributed by atoms with Crippen molar-refractivity contribution in [1.82, 2.24) is 14.9 Å². The van der Waals surface area contributed by atoms with Gasteiger partial charge in [-0.2, -0.15) is 0 Å². The standard InChI is InChI=1S/C16H25N3O2/c1-11(9-16(2,15(20)21)18-12-7-8-12)19-10-17-13-5-3-4-6-14(13)19/h10-12,18H,3-9H2,1-2H3,(H,20,21). The van der Waals surface area contributed by atoms with Gasteiger partial charge in [0, 0.05) is 17.8 Å². The Labute approximate surface area is 125 Å². The predicted octanol–water partition coefficient (Wildman–Crippen LogP) is 2.31. The zero-order valence-corrected chi connectivity index (χ0v) is 12.9. The maximum Gasteiger partial charge on any atom is 0.323 e. The number of aliphatic carboxylic acids is 1. The van der Waals surface area contributed by atoms with Crippen molar-refractivity contribution in [3.63, 3.8) is 0 Å². The highest BCUT2D eigenvalue weighted by Crippen LogP contribution is 2.30. The van der Waals surface area contributed by atoms with Gasteiger partial charge >= 0.3 is 5.97 Å². The number of nitrogens with one attached hydrogen (secondary N) is 1. The molecule has 1 saturated carbocycles. The second-order valence-electron chi connectivity index (χ2n) is 6.86. The minimum atomic E-state index is -0.855. The Hall–Kier alpha value is -1.36. The van der Waals surface area contributed by atoms with E-state index in [0.29, 0.717) is 12.5 Å². The maximum absolute atomic E-state index is 11.7. The molecule has 1 heterocycles. The Morgan fingerprint density at radius 1 is 1.52 bits per heavy atom. The zero-order chi connectivity index (χ0) is 15.0. The highest BCUT2D eigenvalue weighted by Gasteiger charge is 2.40. The van der Waals surface area contributed by atoms with Crippen LogP contribution in [0.25, 0.3) is 0 Å². The van der Waals surface area contributed by atoms with Crippen LogP contribution < -0.4 is 5.32 Å². The van der Waals surface area contributed by atoms with E-state index in [2.05, 4.69) is 21.8 Å². The summed E-state index contributed by atoms with van der Waals surface area (Å²) in [6, 6.07) is 0.529. The maximum atomic E-state index is 11.7. The van der Waals surface area contributed by atoms with Crippen molar-refractivity contribution in [2.24, 2.45) is 0 Å². The molecule has 2 aliphatic carbocycles. The lowest BCUT2D eigenvalue weighted by molar-refractivity contribution is -0.145. The van der Waals surface area contributed by atoms with Gasteiger partial charge in [0.1, 0.15) is 5.54 Å². The molecule has 2 unspecified atom stereocenters. The van der Waals surface area contributed by atoms with Crippen molar-refractivity contribution >= 4 is 5.97 Å². The number of carbonyl (C=O) groups is 1. The molecule has 21 heavy (non-hydrogen) atoms. The molecule has 2 atom stereocenters. The summed E-state index contributed by atoms with van der Waals surface area (Å²) in [4.78, 5) is 16.2. The summed E-state index contributed by atoms with van der Waals surface area (Å²) in [5.41, 5.74) is 1.67. The summed E-state index contributed by atoms with van der Waals surface area (Å²) < 4.78 is 2.20. The monoisotopic (exact) mass is 291 g/mol. The molecule has 0 aliphatic heterocycles. The molecule has 0 radical (unpaired) electrons. The largest absolute Gasteiger partial charge is 0.480 e. The first-order valence-electron chi connectivity index (χ1n) is 8.05. The molecular weight excluding hydrogens is 266 g/mol. The predicted molar refractivity (Wildman–Crippen MR) is 80.4 cm³/mol. The molecule has 1 fully saturated rings. The second kappa shape index (κ2) is 5.44. The van der Waals surface area contributed by atoms with E-state index in [1.54, 1.807) is 0 Å². The Kier molecular flexibility index (Phi) is 3.78. The van der Waals surface area contributed by atoms with E-state index in [0.717, 1.165) is 25.7 Å². The first-order chi connectivity index (χ1) is 9.99. The molecule has 1 aromatic rings. The highest BCUT2D eigenvalue weighted by atomic mass is 16.4. The van der Waals surface area contributed by atoms with E-state index in [1.165, 1.54) is 24.2 Å². The number of imidazole rings is 1. The van der Waals surface area contributed by atoms with Crippen LogP contribution in [-0.2, 0) is 17.6 Å². The molecule has 2 N–H and O–H groups in total. The van der Waals surface area contributed by atoms with E-state index in [4.69, 9.17) is 0 Å². The van der Waals surface area contributed by atoms with Crippen LogP contribution in [0.15, 0.2) is 6.33 Å². The summed E-state index contributed by atoms with van der Waals surface area (Å²) >= 11 is 0. The summed E-state index contributed by atoms with van der Waals surface area (Å²) in [5.74, 6) is -0.754. The number of nitrogens with zero attached hydrogens (tertiary/aromatic N) is 2.